The zero-order chi connectivity index (χ0) is 15.5. The molecule has 1 N–H and O–H groups in total. The Labute approximate surface area is 133 Å². The summed E-state index contributed by atoms with van der Waals surface area (Å²) < 4.78 is 5.83. The third-order valence-electron chi connectivity index (χ3n) is 4.83. The standard InChI is InChI=1S/C19H27N2O/c1-13(2)9-15-11-17-18(21-12-20-17)16(19(15)22-3)10-14-7-5-4-6-8-14/h11,13-14H,4-10H2,1-3H3,(H,20,21). The van der Waals surface area contributed by atoms with Crippen LogP contribution in [-0.4, -0.2) is 17.1 Å². The Balaban J connectivity index is 2.02. The average molecular weight is 299 g/mol. The molecule has 0 bridgehead atoms. The number of H-pyrrole nitrogens is 1. The van der Waals surface area contributed by atoms with E-state index >= 15 is 0 Å². The summed E-state index contributed by atoms with van der Waals surface area (Å²) in [4.78, 5) is 7.62. The third kappa shape index (κ3) is 3.13. The molecule has 0 atom stereocenters. The normalized spacial score (nSPS) is 16.5. The van der Waals surface area contributed by atoms with E-state index in [9.17, 15) is 0 Å². The van der Waals surface area contributed by atoms with Crippen molar-refractivity contribution in [2.24, 2.45) is 11.8 Å². The summed E-state index contributed by atoms with van der Waals surface area (Å²) in [7, 11) is 1.80. The highest BCUT2D eigenvalue weighted by atomic mass is 16.5. The number of ether oxygens (including phenoxy) is 1. The molecular weight excluding hydrogens is 272 g/mol. The second kappa shape index (κ2) is 6.72. The van der Waals surface area contributed by atoms with Crippen molar-refractivity contribution in [3.05, 3.63) is 23.5 Å². The second-order valence-electron chi connectivity index (χ2n) is 7.10. The molecule has 0 amide bonds. The average Bonchev–Trinajstić information content (AvgIpc) is 2.96. The monoisotopic (exact) mass is 299 g/mol. The minimum atomic E-state index is 0.612. The van der Waals surface area contributed by atoms with E-state index in [0.717, 1.165) is 35.5 Å². The lowest BCUT2D eigenvalue weighted by molar-refractivity contribution is 0.348. The number of benzene rings is 1. The van der Waals surface area contributed by atoms with Crippen molar-refractivity contribution < 1.29 is 4.74 Å². The summed E-state index contributed by atoms with van der Waals surface area (Å²) in [6.07, 6.45) is 11.9. The van der Waals surface area contributed by atoms with Gasteiger partial charge in [-0.25, -0.2) is 4.98 Å². The largest absolute Gasteiger partial charge is 0.496 e. The molecule has 2 aromatic rings. The molecule has 1 aromatic heterocycles. The number of nitrogens with zero attached hydrogens (tertiary/aromatic N) is 1. The van der Waals surface area contributed by atoms with E-state index in [1.165, 1.54) is 43.2 Å². The van der Waals surface area contributed by atoms with Gasteiger partial charge >= 0.3 is 0 Å². The van der Waals surface area contributed by atoms with Gasteiger partial charge in [0.25, 0.3) is 0 Å². The van der Waals surface area contributed by atoms with Crippen LogP contribution in [-0.2, 0) is 12.8 Å². The maximum absolute atomic E-state index is 5.83. The first-order valence-electron chi connectivity index (χ1n) is 8.63. The van der Waals surface area contributed by atoms with E-state index in [2.05, 4.69) is 36.2 Å². The zero-order valence-electron chi connectivity index (χ0n) is 14.0. The van der Waals surface area contributed by atoms with Crippen LogP contribution in [0, 0.1) is 18.2 Å². The van der Waals surface area contributed by atoms with Crippen LogP contribution in [0.3, 0.4) is 0 Å². The lowest BCUT2D eigenvalue weighted by Crippen LogP contribution is -2.11. The fourth-order valence-electron chi connectivity index (χ4n) is 3.85. The SMILES string of the molecule is COc1c(CC(C)C)cc2[nH][c]nc2c1CC1CCCCC1. The number of hydrogen-bond acceptors (Lipinski definition) is 2. The molecule has 1 heterocycles. The zero-order valence-corrected chi connectivity index (χ0v) is 14.0. The van der Waals surface area contributed by atoms with Crippen LogP contribution in [0.25, 0.3) is 11.0 Å². The predicted octanol–water partition coefficient (Wildman–Crippen LogP) is 4.69. The van der Waals surface area contributed by atoms with Gasteiger partial charge in [-0.1, -0.05) is 46.0 Å². The maximum atomic E-state index is 5.83. The smallest absolute Gasteiger partial charge is 0.174 e. The van der Waals surface area contributed by atoms with Gasteiger partial charge in [0.05, 0.1) is 18.1 Å². The highest BCUT2D eigenvalue weighted by Crippen LogP contribution is 2.36. The summed E-state index contributed by atoms with van der Waals surface area (Å²) in [6, 6.07) is 2.20. The first-order valence-corrected chi connectivity index (χ1v) is 8.63. The van der Waals surface area contributed by atoms with Crippen LogP contribution < -0.4 is 4.74 Å². The summed E-state index contributed by atoms with van der Waals surface area (Å²) in [6.45, 7) is 4.51. The van der Waals surface area contributed by atoms with Crippen LogP contribution in [0.4, 0.5) is 0 Å². The summed E-state index contributed by atoms with van der Waals surface area (Å²) in [5.74, 6) is 2.45. The van der Waals surface area contributed by atoms with Gasteiger partial charge in [-0.15, -0.1) is 0 Å². The number of imidazole rings is 1. The van der Waals surface area contributed by atoms with Gasteiger partial charge in [-0.2, -0.15) is 0 Å². The molecule has 0 unspecified atom stereocenters. The quantitative estimate of drug-likeness (QED) is 0.869. The minimum absolute atomic E-state index is 0.612. The lowest BCUT2D eigenvalue weighted by atomic mass is 9.83. The minimum Gasteiger partial charge on any atom is -0.496 e. The molecule has 1 aromatic carbocycles. The van der Waals surface area contributed by atoms with E-state index in [-0.39, 0.29) is 0 Å². The molecule has 3 heteroatoms. The van der Waals surface area contributed by atoms with Crippen molar-refractivity contribution >= 4 is 11.0 Å². The predicted molar refractivity (Wildman–Crippen MR) is 90.3 cm³/mol. The first-order chi connectivity index (χ1) is 10.7. The number of aromatic amines is 1. The molecule has 0 spiro atoms. The number of hydrogen-bond donors (Lipinski definition) is 1. The van der Waals surface area contributed by atoms with Gasteiger partial charge in [0.1, 0.15) is 5.75 Å². The number of methoxy groups -OCH3 is 1. The molecule has 1 aliphatic rings. The molecule has 22 heavy (non-hydrogen) atoms. The fraction of sp³-hybridized carbons (Fsp3) is 0.632. The molecule has 0 saturated heterocycles. The van der Waals surface area contributed by atoms with E-state index in [0.29, 0.717) is 5.92 Å². The molecular formula is C19H27N2O. The second-order valence-corrected chi connectivity index (χ2v) is 7.10. The number of rotatable bonds is 5. The summed E-state index contributed by atoms with van der Waals surface area (Å²) in [5, 5.41) is 0. The van der Waals surface area contributed by atoms with Gasteiger partial charge in [-0.3, -0.25) is 0 Å². The Kier molecular flexibility index (Phi) is 4.70. The summed E-state index contributed by atoms with van der Waals surface area (Å²) >= 11 is 0. The lowest BCUT2D eigenvalue weighted by Gasteiger charge is -2.23. The molecule has 1 aliphatic carbocycles. The van der Waals surface area contributed by atoms with E-state index in [4.69, 9.17) is 4.74 Å². The van der Waals surface area contributed by atoms with Gasteiger partial charge in [0.15, 0.2) is 6.33 Å². The van der Waals surface area contributed by atoms with E-state index in [1.54, 1.807) is 7.11 Å². The van der Waals surface area contributed by atoms with Crippen molar-refractivity contribution in [3.8, 4) is 5.75 Å². The Hall–Kier alpha value is -1.51. The van der Waals surface area contributed by atoms with Crippen molar-refractivity contribution in [1.82, 2.24) is 9.97 Å². The fourth-order valence-corrected chi connectivity index (χ4v) is 3.85. The third-order valence-corrected chi connectivity index (χ3v) is 4.83. The van der Waals surface area contributed by atoms with Crippen molar-refractivity contribution in [3.63, 3.8) is 0 Å². The van der Waals surface area contributed by atoms with Crippen LogP contribution in [0.1, 0.15) is 57.1 Å². The van der Waals surface area contributed by atoms with Crippen molar-refractivity contribution in [1.29, 1.82) is 0 Å². The first kappa shape index (κ1) is 15.4. The number of fused-ring (bicyclic) bond motifs is 1. The molecule has 3 nitrogen and oxygen atoms in total. The summed E-state index contributed by atoms with van der Waals surface area (Å²) in [5.41, 5.74) is 4.74. The van der Waals surface area contributed by atoms with Crippen molar-refractivity contribution in [2.75, 3.05) is 7.11 Å². The Morgan fingerprint density at radius 1 is 1.32 bits per heavy atom. The molecule has 119 valence electrons. The number of nitrogens with one attached hydrogen (secondary N) is 1. The maximum Gasteiger partial charge on any atom is 0.174 e. The van der Waals surface area contributed by atoms with Gasteiger partial charge < -0.3 is 9.72 Å². The Morgan fingerprint density at radius 3 is 2.77 bits per heavy atom. The molecule has 0 aliphatic heterocycles. The van der Waals surface area contributed by atoms with Gasteiger partial charge in [0.2, 0.25) is 0 Å². The van der Waals surface area contributed by atoms with Gasteiger partial charge in [-0.05, 0) is 36.3 Å². The highest BCUT2D eigenvalue weighted by molar-refractivity contribution is 5.82. The van der Waals surface area contributed by atoms with Crippen molar-refractivity contribution in [2.45, 2.75) is 58.8 Å². The molecule has 1 fully saturated rings. The van der Waals surface area contributed by atoms with Crippen LogP contribution >= 0.6 is 0 Å². The Bertz CT molecular complexity index is 624. The van der Waals surface area contributed by atoms with E-state index < -0.39 is 0 Å². The van der Waals surface area contributed by atoms with Crippen LogP contribution in [0.15, 0.2) is 6.07 Å². The topological polar surface area (TPSA) is 37.9 Å². The molecule has 3 rings (SSSR count). The Morgan fingerprint density at radius 2 is 2.09 bits per heavy atom. The highest BCUT2D eigenvalue weighted by Gasteiger charge is 2.21. The van der Waals surface area contributed by atoms with Crippen LogP contribution in [0.5, 0.6) is 5.75 Å². The van der Waals surface area contributed by atoms with E-state index in [1.807, 2.05) is 0 Å². The number of aromatic nitrogens is 2. The van der Waals surface area contributed by atoms with Gasteiger partial charge in [0, 0.05) is 5.56 Å². The van der Waals surface area contributed by atoms with Crippen LogP contribution in [0.2, 0.25) is 0 Å². The molecule has 1 saturated carbocycles. The molecule has 1 radical (unpaired) electrons.